The van der Waals surface area contributed by atoms with Crippen LogP contribution in [0.1, 0.15) is 83.8 Å². The van der Waals surface area contributed by atoms with Crippen molar-refractivity contribution < 1.29 is 4.74 Å². The van der Waals surface area contributed by atoms with Gasteiger partial charge < -0.3 is 14.5 Å². The summed E-state index contributed by atoms with van der Waals surface area (Å²) in [5.41, 5.74) is 14.5. The minimum absolute atomic E-state index is 0.137. The fourth-order valence-corrected chi connectivity index (χ4v) is 12.4. The SMILES string of the molecule is CCC(C)Oc1ccc(N(c2ccc(C(C)CC)cc2)c2ccc3c4c(-c5ccccc5)c5c6cccc7c(N(c8ccccc8)c8ccc(C(C)CC)cc8)ccc(c5c(-c5ccccc5)c4c4cccc2c43)c76)cc1. The Morgan fingerprint density at radius 3 is 1.05 bits per heavy atom. The topological polar surface area (TPSA) is 15.7 Å². The van der Waals surface area contributed by atoms with E-state index in [9.17, 15) is 0 Å². The van der Waals surface area contributed by atoms with Crippen LogP contribution in [0.2, 0.25) is 0 Å². The molecule has 376 valence electrons. The fraction of sp³-hybridized carbons (Fsp3) is 0.162. The first kappa shape index (κ1) is 48.0. The molecule has 13 rings (SSSR count). The fourth-order valence-electron chi connectivity index (χ4n) is 12.4. The predicted molar refractivity (Wildman–Crippen MR) is 332 cm³/mol. The molecule has 3 heteroatoms. The van der Waals surface area contributed by atoms with E-state index in [1.807, 2.05) is 0 Å². The summed E-state index contributed by atoms with van der Waals surface area (Å²) in [7, 11) is 0. The molecule has 13 aromatic rings. The monoisotopic (exact) mass is 997 g/mol. The Hall–Kier alpha value is -8.66. The number of fused-ring (bicyclic) bond motifs is 6. The number of rotatable bonds is 15. The number of hydrogen-bond acceptors (Lipinski definition) is 3. The quantitative estimate of drug-likeness (QED) is 0.102. The zero-order valence-electron chi connectivity index (χ0n) is 45.0. The van der Waals surface area contributed by atoms with Crippen LogP contribution >= 0.6 is 0 Å². The number of benzene rings is 11. The predicted octanol–water partition coefficient (Wildman–Crippen LogP) is 22.0. The van der Waals surface area contributed by atoms with E-state index in [-0.39, 0.29) is 6.10 Å². The van der Waals surface area contributed by atoms with Gasteiger partial charge in [-0.05, 0) is 198 Å². The molecule has 3 unspecified atom stereocenters. The van der Waals surface area contributed by atoms with Crippen molar-refractivity contribution >= 4 is 98.8 Å². The highest BCUT2D eigenvalue weighted by atomic mass is 16.5. The van der Waals surface area contributed by atoms with Gasteiger partial charge in [-0.25, -0.2) is 0 Å². The average molecular weight is 997 g/mol. The van der Waals surface area contributed by atoms with Gasteiger partial charge in [-0.1, -0.05) is 186 Å². The van der Waals surface area contributed by atoms with Crippen molar-refractivity contribution in [2.75, 3.05) is 9.80 Å². The second-order valence-corrected chi connectivity index (χ2v) is 21.3. The molecule has 0 saturated carbocycles. The molecule has 0 aliphatic carbocycles. The zero-order chi connectivity index (χ0) is 52.3. The van der Waals surface area contributed by atoms with Crippen LogP contribution in [-0.2, 0) is 0 Å². The maximum absolute atomic E-state index is 6.32. The first-order chi connectivity index (χ1) is 37.8. The largest absolute Gasteiger partial charge is 0.491 e. The molecule has 13 aromatic carbocycles. The minimum atomic E-state index is 0.137. The molecular formula is C74H64N2O. The third kappa shape index (κ3) is 8.02. The molecule has 3 nitrogen and oxygen atoms in total. The van der Waals surface area contributed by atoms with Gasteiger partial charge in [0.05, 0.1) is 17.5 Å². The van der Waals surface area contributed by atoms with Gasteiger partial charge in [-0.2, -0.15) is 0 Å². The third-order valence-electron chi connectivity index (χ3n) is 16.9. The maximum Gasteiger partial charge on any atom is 0.119 e. The van der Waals surface area contributed by atoms with Crippen molar-refractivity contribution in [3.8, 4) is 28.0 Å². The molecule has 0 radical (unpaired) electrons. The second-order valence-electron chi connectivity index (χ2n) is 21.3. The molecule has 0 spiro atoms. The Labute approximate surface area is 453 Å². The summed E-state index contributed by atoms with van der Waals surface area (Å²) in [6.07, 6.45) is 3.29. The van der Waals surface area contributed by atoms with Crippen LogP contribution in [0.5, 0.6) is 5.75 Å². The molecule has 0 saturated heterocycles. The van der Waals surface area contributed by atoms with Crippen LogP contribution < -0.4 is 14.5 Å². The Morgan fingerprint density at radius 1 is 0.312 bits per heavy atom. The molecule has 0 fully saturated rings. The molecule has 77 heavy (non-hydrogen) atoms. The van der Waals surface area contributed by atoms with Crippen LogP contribution in [-0.4, -0.2) is 6.10 Å². The first-order valence-corrected chi connectivity index (χ1v) is 27.9. The first-order valence-electron chi connectivity index (χ1n) is 27.9. The smallest absolute Gasteiger partial charge is 0.119 e. The summed E-state index contributed by atoms with van der Waals surface area (Å²) in [4.78, 5) is 4.90. The lowest BCUT2D eigenvalue weighted by Gasteiger charge is -2.28. The second kappa shape index (κ2) is 19.8. The molecule has 0 N–H and O–H groups in total. The van der Waals surface area contributed by atoms with Gasteiger partial charge in [-0.3, -0.25) is 0 Å². The molecule has 3 atom stereocenters. The number of anilines is 6. The normalized spacial score (nSPS) is 13.1. The van der Waals surface area contributed by atoms with E-state index in [2.05, 4.69) is 276 Å². The molecule has 0 aromatic heterocycles. The van der Waals surface area contributed by atoms with Gasteiger partial charge in [-0.15, -0.1) is 0 Å². The van der Waals surface area contributed by atoms with Gasteiger partial charge >= 0.3 is 0 Å². The van der Waals surface area contributed by atoms with Crippen molar-refractivity contribution in [2.45, 2.75) is 78.7 Å². The van der Waals surface area contributed by atoms with E-state index >= 15 is 0 Å². The van der Waals surface area contributed by atoms with E-state index in [0.717, 1.165) is 59.1 Å². The Bertz CT molecular complexity index is 4110. The van der Waals surface area contributed by atoms with E-state index in [4.69, 9.17) is 4.74 Å². The summed E-state index contributed by atoms with van der Waals surface area (Å²) >= 11 is 0. The standard InChI is InChI=1S/C74H64N2O/c1-7-47(4)50-31-35-55(36-32-50)75(54-25-17-12-18-26-54)65-45-43-63-69-59(65)27-19-29-61(69)71-67(52-21-13-10-14-22-52)74-64-44-46-66(60-28-20-30-62(70(60)64)72(74)68(73(63)71)53-23-15-11-16-24-53)76(56-37-33-51(34-38-56)48(5)8-2)57-39-41-58(42-40-57)77-49(6)9-3/h10-49H,7-9H2,1-6H3. The Balaban J connectivity index is 1.12. The molecule has 0 amide bonds. The lowest BCUT2D eigenvalue weighted by atomic mass is 9.87. The van der Waals surface area contributed by atoms with Crippen LogP contribution in [0.3, 0.4) is 0 Å². The average Bonchev–Trinajstić information content (AvgIpc) is 4.17. The molecule has 0 heterocycles. The molecular weight excluding hydrogens is 933 g/mol. The summed E-state index contributed by atoms with van der Waals surface area (Å²) in [6, 6.07) is 84.1. The van der Waals surface area contributed by atoms with Crippen molar-refractivity contribution in [3.63, 3.8) is 0 Å². The van der Waals surface area contributed by atoms with Crippen LogP contribution in [0.15, 0.2) is 224 Å². The zero-order valence-corrected chi connectivity index (χ0v) is 45.0. The lowest BCUT2D eigenvalue weighted by Crippen LogP contribution is -2.12. The van der Waals surface area contributed by atoms with Crippen molar-refractivity contribution in [3.05, 3.63) is 236 Å². The number of hydrogen-bond donors (Lipinski definition) is 0. The number of para-hydroxylation sites is 1. The van der Waals surface area contributed by atoms with Crippen LogP contribution in [0.4, 0.5) is 34.1 Å². The summed E-state index contributed by atoms with van der Waals surface area (Å²) in [5.74, 6) is 1.86. The van der Waals surface area contributed by atoms with Gasteiger partial charge in [0.15, 0.2) is 0 Å². The van der Waals surface area contributed by atoms with Crippen LogP contribution in [0, 0.1) is 0 Å². The van der Waals surface area contributed by atoms with Crippen molar-refractivity contribution in [2.24, 2.45) is 0 Å². The maximum atomic E-state index is 6.32. The highest BCUT2D eigenvalue weighted by molar-refractivity contribution is 6.47. The van der Waals surface area contributed by atoms with E-state index in [1.165, 1.54) is 98.0 Å². The summed E-state index contributed by atoms with van der Waals surface area (Å²) in [6.45, 7) is 13.5. The van der Waals surface area contributed by atoms with E-state index in [1.54, 1.807) is 0 Å². The molecule has 0 aliphatic heterocycles. The Morgan fingerprint density at radius 2 is 0.662 bits per heavy atom. The molecule has 0 bridgehead atoms. The third-order valence-corrected chi connectivity index (χ3v) is 16.9. The summed E-state index contributed by atoms with van der Waals surface area (Å²) in [5, 5.41) is 15.2. The number of ether oxygens (including phenoxy) is 1. The van der Waals surface area contributed by atoms with Crippen molar-refractivity contribution in [1.82, 2.24) is 0 Å². The lowest BCUT2D eigenvalue weighted by molar-refractivity contribution is 0.217. The highest BCUT2D eigenvalue weighted by Crippen LogP contribution is 2.58. The van der Waals surface area contributed by atoms with Crippen molar-refractivity contribution in [1.29, 1.82) is 0 Å². The van der Waals surface area contributed by atoms with Gasteiger partial charge in [0.1, 0.15) is 5.75 Å². The van der Waals surface area contributed by atoms with Gasteiger partial charge in [0.25, 0.3) is 0 Å². The summed E-state index contributed by atoms with van der Waals surface area (Å²) < 4.78 is 6.32. The van der Waals surface area contributed by atoms with Crippen LogP contribution in [0.25, 0.3) is 86.9 Å². The van der Waals surface area contributed by atoms with E-state index in [0.29, 0.717) is 11.8 Å². The van der Waals surface area contributed by atoms with Gasteiger partial charge in [0.2, 0.25) is 0 Å². The number of nitrogens with zero attached hydrogens (tertiary/aromatic N) is 2. The van der Waals surface area contributed by atoms with Gasteiger partial charge in [0, 0.05) is 33.5 Å². The highest BCUT2D eigenvalue weighted by Gasteiger charge is 2.30. The molecule has 0 aliphatic rings. The van der Waals surface area contributed by atoms with E-state index < -0.39 is 0 Å². The Kier molecular flexibility index (Phi) is 12.3. The minimum Gasteiger partial charge on any atom is -0.491 e.